The molecule has 0 amide bonds. The molecule has 1 saturated heterocycles. The van der Waals surface area contributed by atoms with Crippen LogP contribution in [-0.4, -0.2) is 57.8 Å². The lowest BCUT2D eigenvalue weighted by molar-refractivity contribution is -0.271. The van der Waals surface area contributed by atoms with Gasteiger partial charge in [0.25, 0.3) is 0 Å². The third-order valence-corrected chi connectivity index (χ3v) is 1.82. The Bertz CT molecular complexity index is 150. The lowest BCUT2D eigenvalue weighted by Gasteiger charge is -2.36. The fourth-order valence-corrected chi connectivity index (χ4v) is 1.06. The summed E-state index contributed by atoms with van der Waals surface area (Å²) in [5.74, 6) is 0. The molecule has 1 aliphatic rings. The summed E-state index contributed by atoms with van der Waals surface area (Å²) >= 11 is 0. The molecule has 6 heteroatoms. The van der Waals surface area contributed by atoms with Gasteiger partial charge in [-0.2, -0.15) is 0 Å². The van der Waals surface area contributed by atoms with Crippen molar-refractivity contribution in [3.8, 4) is 0 Å². The zero-order valence-corrected chi connectivity index (χ0v) is 6.17. The lowest BCUT2D eigenvalue weighted by Crippen LogP contribution is -2.56. The number of aliphatic hydroxyl groups excluding tert-OH is 4. The van der Waals surface area contributed by atoms with Gasteiger partial charge in [-0.15, -0.1) is 0 Å². The second-order valence-corrected chi connectivity index (χ2v) is 2.67. The molecule has 1 fully saturated rings. The smallest absolute Gasteiger partial charge is 0.189 e. The van der Waals surface area contributed by atoms with Gasteiger partial charge in [0.1, 0.15) is 18.3 Å². The van der Waals surface area contributed by atoms with Crippen molar-refractivity contribution in [1.82, 2.24) is 0 Å². The molecule has 0 saturated carbocycles. The summed E-state index contributed by atoms with van der Waals surface area (Å²) < 4.78 is 17.1. The van der Waals surface area contributed by atoms with Gasteiger partial charge in [0.05, 0.1) is 6.61 Å². The number of hydrogen-bond donors (Lipinski definition) is 4. The minimum Gasteiger partial charge on any atom is -0.394 e. The molecule has 0 spiro atoms. The lowest BCUT2D eigenvalue weighted by atomic mass is 10.0. The number of hydrogen-bond acceptors (Lipinski definition) is 5. The van der Waals surface area contributed by atoms with Crippen LogP contribution in [0.1, 0.15) is 0 Å². The van der Waals surface area contributed by atoms with E-state index in [0.717, 1.165) is 0 Å². The predicted molar refractivity (Wildman–Crippen MR) is 34.9 cm³/mol. The Labute approximate surface area is 68.0 Å². The summed E-state index contributed by atoms with van der Waals surface area (Å²) in [6.07, 6.45) is -8.19. The van der Waals surface area contributed by atoms with Gasteiger partial charge in [-0.3, -0.25) is 0 Å². The summed E-state index contributed by atoms with van der Waals surface area (Å²) in [5.41, 5.74) is 0. The van der Waals surface area contributed by atoms with Crippen LogP contribution in [0.5, 0.6) is 0 Å². The van der Waals surface area contributed by atoms with Crippen molar-refractivity contribution in [3.63, 3.8) is 0 Å². The second kappa shape index (κ2) is 3.63. The Kier molecular flexibility index (Phi) is 2.97. The summed E-state index contributed by atoms with van der Waals surface area (Å²) in [6, 6.07) is 0. The Balaban J connectivity index is 2.63. The minimum atomic E-state index is -2.04. The number of aliphatic hydroxyl groups is 4. The first-order valence-electron chi connectivity index (χ1n) is 3.52. The van der Waals surface area contributed by atoms with Crippen LogP contribution in [0.2, 0.25) is 0 Å². The van der Waals surface area contributed by atoms with E-state index in [0.29, 0.717) is 0 Å². The van der Waals surface area contributed by atoms with Gasteiger partial charge in [0, 0.05) is 0 Å². The van der Waals surface area contributed by atoms with Crippen LogP contribution in [0.3, 0.4) is 0 Å². The van der Waals surface area contributed by atoms with Crippen LogP contribution < -0.4 is 0 Å². The fourth-order valence-electron chi connectivity index (χ4n) is 1.06. The summed E-state index contributed by atoms with van der Waals surface area (Å²) in [6.45, 7) is -0.581. The monoisotopic (exact) mass is 182 g/mol. The molecule has 0 aromatic heterocycles. The van der Waals surface area contributed by atoms with Crippen molar-refractivity contribution in [1.29, 1.82) is 0 Å². The highest BCUT2D eigenvalue weighted by Crippen LogP contribution is 2.21. The molecule has 1 rings (SSSR count). The van der Waals surface area contributed by atoms with E-state index in [2.05, 4.69) is 4.74 Å². The molecule has 0 bridgehead atoms. The first kappa shape index (κ1) is 9.82. The highest BCUT2D eigenvalue weighted by molar-refractivity contribution is 4.88. The summed E-state index contributed by atoms with van der Waals surface area (Å²) in [7, 11) is 0. The van der Waals surface area contributed by atoms with Gasteiger partial charge in [-0.05, 0) is 0 Å². The second-order valence-electron chi connectivity index (χ2n) is 2.67. The molecule has 0 aromatic carbocycles. The number of halogens is 1. The van der Waals surface area contributed by atoms with E-state index >= 15 is 0 Å². The van der Waals surface area contributed by atoms with E-state index in [1.54, 1.807) is 0 Å². The maximum Gasteiger partial charge on any atom is 0.189 e. The van der Waals surface area contributed by atoms with Crippen LogP contribution in [-0.2, 0) is 4.74 Å². The zero-order valence-electron chi connectivity index (χ0n) is 6.17. The Hall–Kier alpha value is -0.270. The van der Waals surface area contributed by atoms with Gasteiger partial charge in [0.2, 0.25) is 0 Å². The van der Waals surface area contributed by atoms with Crippen molar-refractivity contribution in [2.75, 3.05) is 6.61 Å². The van der Waals surface area contributed by atoms with E-state index in [9.17, 15) is 4.39 Å². The van der Waals surface area contributed by atoms with Gasteiger partial charge in [-0.25, -0.2) is 4.39 Å². The van der Waals surface area contributed by atoms with Gasteiger partial charge in [0.15, 0.2) is 12.5 Å². The highest BCUT2D eigenvalue weighted by Gasteiger charge is 2.43. The molecule has 1 heterocycles. The fraction of sp³-hybridized carbons (Fsp3) is 1.00. The normalized spacial score (nSPS) is 49.2. The first-order valence-corrected chi connectivity index (χ1v) is 3.52. The molecule has 12 heavy (non-hydrogen) atoms. The standard InChI is InChI=1S/C6H11FO5/c7-3-5(10)4(9)2(1-8)12-6(3)11/h2-6,8-11H,1H2/t2-,3+,4-,5-,6?/m1/s1. The maximum atomic E-state index is 12.7. The van der Waals surface area contributed by atoms with Crippen LogP contribution in [0.15, 0.2) is 0 Å². The van der Waals surface area contributed by atoms with Crippen molar-refractivity contribution >= 4 is 0 Å². The van der Waals surface area contributed by atoms with Crippen LogP contribution >= 0.6 is 0 Å². The largest absolute Gasteiger partial charge is 0.394 e. The molecule has 0 aliphatic carbocycles. The Morgan fingerprint density at radius 3 is 2.25 bits per heavy atom. The average molecular weight is 182 g/mol. The predicted octanol–water partition coefficient (Wildman–Crippen LogP) is -2.24. The molecule has 4 N–H and O–H groups in total. The van der Waals surface area contributed by atoms with Crippen molar-refractivity contribution < 1.29 is 29.6 Å². The van der Waals surface area contributed by atoms with Crippen molar-refractivity contribution in [2.24, 2.45) is 0 Å². The van der Waals surface area contributed by atoms with Gasteiger partial charge < -0.3 is 25.2 Å². The molecule has 1 unspecified atom stereocenters. The molecular weight excluding hydrogens is 171 g/mol. The van der Waals surface area contributed by atoms with Crippen molar-refractivity contribution in [3.05, 3.63) is 0 Å². The number of alkyl halides is 1. The molecule has 0 aromatic rings. The zero-order chi connectivity index (χ0) is 9.30. The topological polar surface area (TPSA) is 90.2 Å². The summed E-state index contributed by atoms with van der Waals surface area (Å²) in [5, 5.41) is 35.3. The highest BCUT2D eigenvalue weighted by atomic mass is 19.1. The maximum absolute atomic E-state index is 12.7. The molecule has 1 aliphatic heterocycles. The SMILES string of the molecule is OC[C@H]1OC(O)[C@@H](F)[C@@H](O)[C@@H]1O. The van der Waals surface area contributed by atoms with Gasteiger partial charge >= 0.3 is 0 Å². The third-order valence-electron chi connectivity index (χ3n) is 1.82. The quantitative estimate of drug-likeness (QED) is 0.368. The summed E-state index contributed by atoms with van der Waals surface area (Å²) in [4.78, 5) is 0. The van der Waals surface area contributed by atoms with E-state index in [1.807, 2.05) is 0 Å². The van der Waals surface area contributed by atoms with Crippen LogP contribution in [0.4, 0.5) is 4.39 Å². The van der Waals surface area contributed by atoms with E-state index < -0.39 is 37.4 Å². The Morgan fingerprint density at radius 1 is 1.17 bits per heavy atom. The minimum absolute atomic E-state index is 0.581. The Morgan fingerprint density at radius 2 is 1.75 bits per heavy atom. The number of ether oxygens (including phenoxy) is 1. The van der Waals surface area contributed by atoms with E-state index in [4.69, 9.17) is 20.4 Å². The van der Waals surface area contributed by atoms with E-state index in [1.165, 1.54) is 0 Å². The molecule has 0 radical (unpaired) electrons. The van der Waals surface area contributed by atoms with Crippen LogP contribution in [0, 0.1) is 0 Å². The van der Waals surface area contributed by atoms with Gasteiger partial charge in [-0.1, -0.05) is 0 Å². The molecule has 72 valence electrons. The third kappa shape index (κ3) is 1.57. The van der Waals surface area contributed by atoms with E-state index in [-0.39, 0.29) is 0 Å². The van der Waals surface area contributed by atoms with Crippen LogP contribution in [0.25, 0.3) is 0 Å². The average Bonchev–Trinajstić information content (AvgIpc) is 2.08. The van der Waals surface area contributed by atoms with Crippen molar-refractivity contribution in [2.45, 2.75) is 30.8 Å². The molecular formula is C6H11FO5. The molecule has 5 nitrogen and oxygen atoms in total. The number of rotatable bonds is 1. The molecule has 5 atom stereocenters. The first-order chi connectivity index (χ1) is 5.57.